The molecule has 9 nitrogen and oxygen atoms in total. The van der Waals surface area contributed by atoms with Crippen molar-refractivity contribution in [1.29, 1.82) is 0 Å². The first-order valence-corrected chi connectivity index (χ1v) is 14.2. The van der Waals surface area contributed by atoms with Crippen molar-refractivity contribution in [3.8, 4) is 17.2 Å². The van der Waals surface area contributed by atoms with Gasteiger partial charge < -0.3 is 14.2 Å². The quantitative estimate of drug-likeness (QED) is 0.257. The summed E-state index contributed by atoms with van der Waals surface area (Å²) in [4.78, 5) is 18.1. The smallest absolute Gasteiger partial charge is 0.416 e. The maximum absolute atomic E-state index is 13.9. The van der Waals surface area contributed by atoms with E-state index in [9.17, 15) is 26.4 Å². The second-order valence-corrected chi connectivity index (χ2v) is 11.4. The van der Waals surface area contributed by atoms with Gasteiger partial charge in [0.25, 0.3) is 15.9 Å². The van der Waals surface area contributed by atoms with Crippen molar-refractivity contribution in [1.82, 2.24) is 4.98 Å². The number of carbonyl (C=O) groups excluding carboxylic acids is 1. The highest BCUT2D eigenvalue weighted by Gasteiger charge is 2.35. The molecule has 0 saturated carbocycles. The van der Waals surface area contributed by atoms with Gasteiger partial charge in [0.05, 0.1) is 42.6 Å². The Bertz CT molecular complexity index is 1680. The molecule has 4 aromatic rings. The van der Waals surface area contributed by atoms with Crippen LogP contribution < -0.4 is 23.4 Å². The van der Waals surface area contributed by atoms with Gasteiger partial charge in [-0.15, -0.1) is 11.3 Å². The summed E-state index contributed by atoms with van der Waals surface area (Å²) >= 11 is 1.15. The summed E-state index contributed by atoms with van der Waals surface area (Å²) in [7, 11) is -1.46. The Kier molecular flexibility index (Phi) is 7.53. The van der Waals surface area contributed by atoms with Crippen molar-refractivity contribution < 1.29 is 40.6 Å². The second kappa shape index (κ2) is 10.9. The Balaban J connectivity index is 1.53. The number of aromatic nitrogens is 1. The molecule has 0 aliphatic carbocycles. The first-order chi connectivity index (χ1) is 19.5. The van der Waals surface area contributed by atoms with E-state index in [0.29, 0.717) is 11.3 Å². The standard InChI is InChI=1S/C27H22F3N3O6S2/c1-37-19-6-3-17(4-7-19)15-32(26-31-11-12-40-26)41(35,36)20-8-10-22-24(14-20)39-16-25(34)33(22)21-9-5-18(27(28,29)30)13-23(21)38-2/h3-14H,15-16H2,1-2H3. The number of alkyl halides is 3. The number of hydrogen-bond donors (Lipinski definition) is 0. The lowest BCUT2D eigenvalue weighted by molar-refractivity contribution is -0.137. The molecule has 0 unspecified atom stereocenters. The van der Waals surface area contributed by atoms with Crippen molar-refractivity contribution >= 4 is 43.8 Å². The van der Waals surface area contributed by atoms with Gasteiger partial charge in [-0.05, 0) is 48.0 Å². The zero-order valence-corrected chi connectivity index (χ0v) is 23.2. The number of methoxy groups -OCH3 is 2. The van der Waals surface area contributed by atoms with Gasteiger partial charge in [-0.1, -0.05) is 12.1 Å². The molecule has 0 fully saturated rings. The van der Waals surface area contributed by atoms with E-state index in [4.69, 9.17) is 14.2 Å². The van der Waals surface area contributed by atoms with Gasteiger partial charge in [0.1, 0.15) is 17.2 Å². The molecule has 0 N–H and O–H groups in total. The van der Waals surface area contributed by atoms with Gasteiger partial charge in [0.2, 0.25) is 0 Å². The fourth-order valence-corrected chi connectivity index (χ4v) is 6.51. The number of thiazole rings is 1. The second-order valence-electron chi connectivity index (χ2n) is 8.71. The maximum atomic E-state index is 13.9. The van der Waals surface area contributed by atoms with Crippen LogP contribution in [0.4, 0.5) is 29.7 Å². The van der Waals surface area contributed by atoms with Crippen molar-refractivity contribution in [2.45, 2.75) is 17.6 Å². The lowest BCUT2D eigenvalue weighted by Gasteiger charge is -2.31. The maximum Gasteiger partial charge on any atom is 0.416 e. The molecule has 214 valence electrons. The van der Waals surface area contributed by atoms with E-state index in [-0.39, 0.29) is 39.4 Å². The summed E-state index contributed by atoms with van der Waals surface area (Å²) in [6, 6.07) is 13.6. The van der Waals surface area contributed by atoms with Crippen LogP contribution in [-0.4, -0.2) is 40.1 Å². The molecule has 1 aliphatic heterocycles. The van der Waals surface area contributed by atoms with E-state index < -0.39 is 34.3 Å². The summed E-state index contributed by atoms with van der Waals surface area (Å²) in [5.41, 5.74) is -0.0617. The molecular weight excluding hydrogens is 583 g/mol. The highest BCUT2D eigenvalue weighted by Crippen LogP contribution is 2.44. The fourth-order valence-electron chi connectivity index (χ4n) is 4.21. The molecule has 2 heterocycles. The fraction of sp³-hybridized carbons (Fsp3) is 0.185. The molecule has 0 saturated heterocycles. The van der Waals surface area contributed by atoms with Gasteiger partial charge in [-0.3, -0.25) is 9.69 Å². The summed E-state index contributed by atoms with van der Waals surface area (Å²) in [6.45, 7) is -0.492. The average Bonchev–Trinajstić information content (AvgIpc) is 3.49. The van der Waals surface area contributed by atoms with Gasteiger partial charge in [0, 0.05) is 17.6 Å². The number of nitrogens with zero attached hydrogens (tertiary/aromatic N) is 3. The minimum absolute atomic E-state index is 0.0227. The predicted octanol–water partition coefficient (Wildman–Crippen LogP) is 5.63. The van der Waals surface area contributed by atoms with Crippen LogP contribution in [0.2, 0.25) is 0 Å². The van der Waals surface area contributed by atoms with E-state index in [1.807, 2.05) is 0 Å². The monoisotopic (exact) mass is 605 g/mol. The van der Waals surface area contributed by atoms with Crippen LogP contribution >= 0.6 is 11.3 Å². The number of carbonyl (C=O) groups is 1. The van der Waals surface area contributed by atoms with E-state index >= 15 is 0 Å². The Morgan fingerprint density at radius 3 is 2.39 bits per heavy atom. The van der Waals surface area contributed by atoms with Gasteiger partial charge in [-0.2, -0.15) is 13.2 Å². The Labute approximate surface area is 237 Å². The van der Waals surface area contributed by atoms with Gasteiger partial charge >= 0.3 is 6.18 Å². The van der Waals surface area contributed by atoms with E-state index in [1.54, 1.807) is 29.6 Å². The normalized spacial score (nSPS) is 13.4. The van der Waals surface area contributed by atoms with Crippen LogP contribution in [0, 0.1) is 0 Å². The molecule has 1 amide bonds. The first-order valence-electron chi connectivity index (χ1n) is 11.9. The van der Waals surface area contributed by atoms with Crippen LogP contribution in [0.25, 0.3) is 0 Å². The number of sulfonamides is 1. The third kappa shape index (κ3) is 5.52. The van der Waals surface area contributed by atoms with Crippen LogP contribution in [-0.2, 0) is 27.5 Å². The highest BCUT2D eigenvalue weighted by molar-refractivity contribution is 7.93. The summed E-state index contributed by atoms with van der Waals surface area (Å²) in [5.74, 6) is -0.0913. The molecule has 3 aromatic carbocycles. The highest BCUT2D eigenvalue weighted by atomic mass is 32.2. The molecule has 0 spiro atoms. The molecule has 0 atom stereocenters. The van der Waals surface area contributed by atoms with Crippen LogP contribution in [0.5, 0.6) is 17.2 Å². The van der Waals surface area contributed by atoms with Crippen LogP contribution in [0.3, 0.4) is 0 Å². The number of amides is 1. The van der Waals surface area contributed by atoms with Crippen molar-refractivity contribution in [2.75, 3.05) is 30.0 Å². The molecule has 14 heteroatoms. The zero-order valence-electron chi connectivity index (χ0n) is 21.6. The zero-order chi connectivity index (χ0) is 29.4. The number of hydrogen-bond acceptors (Lipinski definition) is 8. The lowest BCUT2D eigenvalue weighted by Crippen LogP contribution is -2.36. The first kappa shape index (κ1) is 28.2. The third-order valence-electron chi connectivity index (χ3n) is 6.23. The van der Waals surface area contributed by atoms with Crippen LogP contribution in [0.1, 0.15) is 11.1 Å². The molecule has 1 aromatic heterocycles. The van der Waals surface area contributed by atoms with E-state index in [1.165, 1.54) is 38.6 Å². The summed E-state index contributed by atoms with van der Waals surface area (Å²) in [5, 5.41) is 1.90. The molecular formula is C27H22F3N3O6S2. The van der Waals surface area contributed by atoms with Crippen LogP contribution in [0.15, 0.2) is 77.1 Å². The molecule has 1 aliphatic rings. The minimum atomic E-state index is -4.61. The minimum Gasteiger partial charge on any atom is -0.497 e. The van der Waals surface area contributed by atoms with E-state index in [2.05, 4.69) is 4.98 Å². The Morgan fingerprint density at radius 2 is 1.76 bits per heavy atom. The average molecular weight is 606 g/mol. The number of fused-ring (bicyclic) bond motifs is 1. The van der Waals surface area contributed by atoms with Crippen molar-refractivity contribution in [3.05, 3.63) is 83.4 Å². The number of halogens is 3. The third-order valence-corrected chi connectivity index (χ3v) is 8.87. The van der Waals surface area contributed by atoms with Crippen molar-refractivity contribution in [3.63, 3.8) is 0 Å². The number of rotatable bonds is 8. The molecule has 5 rings (SSSR count). The molecule has 0 radical (unpaired) electrons. The largest absolute Gasteiger partial charge is 0.497 e. The lowest BCUT2D eigenvalue weighted by atomic mass is 10.1. The number of benzene rings is 3. The Hall–Kier alpha value is -4.30. The summed E-state index contributed by atoms with van der Waals surface area (Å²) < 4.78 is 84.7. The summed E-state index contributed by atoms with van der Waals surface area (Å²) in [6.07, 6.45) is -3.12. The number of anilines is 3. The van der Waals surface area contributed by atoms with Gasteiger partial charge in [0.15, 0.2) is 11.7 Å². The topological polar surface area (TPSA) is 98.3 Å². The van der Waals surface area contributed by atoms with E-state index in [0.717, 1.165) is 38.7 Å². The number of ether oxygens (including phenoxy) is 3. The predicted molar refractivity (Wildman–Crippen MR) is 146 cm³/mol. The molecule has 41 heavy (non-hydrogen) atoms. The molecule has 0 bridgehead atoms. The Morgan fingerprint density at radius 1 is 1.02 bits per heavy atom. The SMILES string of the molecule is COc1ccc(CN(c2nccs2)S(=O)(=O)c2ccc3c(c2)OCC(=O)N3c2ccc(C(F)(F)F)cc2OC)cc1. The van der Waals surface area contributed by atoms with Gasteiger partial charge in [-0.25, -0.2) is 17.7 Å². The van der Waals surface area contributed by atoms with Crippen molar-refractivity contribution in [2.24, 2.45) is 0 Å².